The van der Waals surface area contributed by atoms with E-state index in [-0.39, 0.29) is 27.6 Å². The zero-order chi connectivity index (χ0) is 26.5. The normalized spacial score (nSPS) is 11.5. The van der Waals surface area contributed by atoms with E-state index in [2.05, 4.69) is 18.0 Å². The number of fused-ring (bicyclic) bond motifs is 2. The molecule has 3 heterocycles. The molecule has 4 aromatic rings. The second kappa shape index (κ2) is 11.0. The molecule has 0 unspecified atom stereocenters. The fourth-order valence-corrected chi connectivity index (χ4v) is 4.18. The average molecular weight is 502 g/mol. The van der Waals surface area contributed by atoms with E-state index in [4.69, 9.17) is 19.2 Å². The molecule has 0 N–H and O–H groups in total. The first-order chi connectivity index (χ1) is 18.0. The maximum atomic E-state index is 13.4. The van der Waals surface area contributed by atoms with E-state index in [0.717, 1.165) is 19.3 Å². The van der Waals surface area contributed by atoms with Crippen molar-refractivity contribution in [3.63, 3.8) is 0 Å². The van der Waals surface area contributed by atoms with Gasteiger partial charge < -0.3 is 18.8 Å². The molecule has 0 saturated heterocycles. The third-order valence-electron chi connectivity index (χ3n) is 6.01. The Morgan fingerprint density at radius 3 is 2.43 bits per heavy atom. The summed E-state index contributed by atoms with van der Waals surface area (Å²) in [6.07, 6.45) is 4.26. The summed E-state index contributed by atoms with van der Waals surface area (Å²) >= 11 is 0. The highest BCUT2D eigenvalue weighted by Crippen LogP contribution is 2.38. The molecular weight excluding hydrogens is 474 g/mol. The molecule has 3 aromatic heterocycles. The number of pyridine rings is 2. The maximum absolute atomic E-state index is 13.4. The number of nitrogens with zero attached hydrogens (tertiary/aromatic N) is 5. The van der Waals surface area contributed by atoms with Gasteiger partial charge in [0.2, 0.25) is 5.75 Å². The van der Waals surface area contributed by atoms with Gasteiger partial charge in [0.25, 0.3) is 11.5 Å². The van der Waals surface area contributed by atoms with Gasteiger partial charge in [-0.05, 0) is 36.8 Å². The monoisotopic (exact) mass is 501 g/mol. The summed E-state index contributed by atoms with van der Waals surface area (Å²) in [5.41, 5.74) is 0.934. The fraction of sp³-hybridized carbons (Fsp3) is 0.296. The van der Waals surface area contributed by atoms with Crippen LogP contribution in [0.4, 0.5) is 0 Å². The Bertz CT molecular complexity index is 1640. The summed E-state index contributed by atoms with van der Waals surface area (Å²) in [5.74, 6) is 0.334. The second-order valence-corrected chi connectivity index (χ2v) is 8.27. The molecule has 0 bridgehead atoms. The number of methoxy groups -OCH3 is 3. The maximum Gasteiger partial charge on any atom is 0.279 e. The molecule has 10 heteroatoms. The van der Waals surface area contributed by atoms with Gasteiger partial charge in [0, 0.05) is 18.3 Å². The molecule has 1 amide bonds. The van der Waals surface area contributed by atoms with Gasteiger partial charge in [-0.25, -0.2) is 4.98 Å². The van der Waals surface area contributed by atoms with Gasteiger partial charge in [-0.1, -0.05) is 25.8 Å². The number of rotatable bonds is 8. The van der Waals surface area contributed by atoms with Crippen LogP contribution in [0, 0.1) is 11.3 Å². The molecule has 0 aliphatic carbocycles. The molecule has 0 spiro atoms. The van der Waals surface area contributed by atoms with Gasteiger partial charge in [0.15, 0.2) is 17.0 Å². The molecule has 0 saturated carbocycles. The van der Waals surface area contributed by atoms with Crippen molar-refractivity contribution < 1.29 is 19.0 Å². The first-order valence-corrected chi connectivity index (χ1v) is 11.8. The van der Waals surface area contributed by atoms with Crippen LogP contribution in [0.3, 0.4) is 0 Å². The first kappa shape index (κ1) is 25.4. The van der Waals surface area contributed by atoms with Crippen molar-refractivity contribution in [3.05, 3.63) is 69.6 Å². The Kier molecular flexibility index (Phi) is 7.53. The van der Waals surface area contributed by atoms with Crippen molar-refractivity contribution in [2.45, 2.75) is 32.7 Å². The van der Waals surface area contributed by atoms with Crippen molar-refractivity contribution in [2.75, 3.05) is 21.3 Å². The molecule has 10 nitrogen and oxygen atoms in total. The number of aryl methyl sites for hydroxylation is 1. The number of carbonyl (C=O) groups excluding carboxylic acids is 1. The van der Waals surface area contributed by atoms with Gasteiger partial charge in [-0.3, -0.25) is 14.0 Å². The largest absolute Gasteiger partial charge is 0.493 e. The van der Waals surface area contributed by atoms with Crippen LogP contribution >= 0.6 is 0 Å². The average Bonchev–Trinajstić information content (AvgIpc) is 2.93. The molecule has 0 radical (unpaired) electrons. The lowest BCUT2D eigenvalue weighted by Crippen LogP contribution is -2.29. The van der Waals surface area contributed by atoms with Gasteiger partial charge in [-0.2, -0.15) is 10.3 Å². The minimum atomic E-state index is -0.614. The summed E-state index contributed by atoms with van der Waals surface area (Å²) in [7, 11) is 4.38. The summed E-state index contributed by atoms with van der Waals surface area (Å²) in [4.78, 5) is 35.7. The van der Waals surface area contributed by atoms with Crippen LogP contribution in [-0.4, -0.2) is 41.2 Å². The van der Waals surface area contributed by atoms with Crippen LogP contribution in [0.5, 0.6) is 17.2 Å². The van der Waals surface area contributed by atoms with Crippen molar-refractivity contribution in [1.82, 2.24) is 14.0 Å². The highest BCUT2D eigenvalue weighted by molar-refractivity contribution is 5.96. The third kappa shape index (κ3) is 4.76. The van der Waals surface area contributed by atoms with Crippen LogP contribution in [0.25, 0.3) is 16.7 Å². The van der Waals surface area contributed by atoms with Crippen molar-refractivity contribution >= 4 is 22.6 Å². The minimum absolute atomic E-state index is 0.0968. The molecule has 0 atom stereocenters. The Morgan fingerprint density at radius 1 is 1.08 bits per heavy atom. The van der Waals surface area contributed by atoms with Gasteiger partial charge in [-0.15, -0.1) is 0 Å². The van der Waals surface area contributed by atoms with E-state index in [1.807, 2.05) is 0 Å². The van der Waals surface area contributed by atoms with E-state index in [0.29, 0.717) is 35.1 Å². The molecule has 0 aliphatic rings. The summed E-state index contributed by atoms with van der Waals surface area (Å²) in [6, 6.07) is 11.8. The highest BCUT2D eigenvalue weighted by Gasteiger charge is 2.19. The third-order valence-corrected chi connectivity index (χ3v) is 6.01. The summed E-state index contributed by atoms with van der Waals surface area (Å²) < 4.78 is 19.2. The zero-order valence-corrected chi connectivity index (χ0v) is 21.1. The molecule has 190 valence electrons. The Hall–Kier alpha value is -4.65. The molecule has 0 fully saturated rings. The van der Waals surface area contributed by atoms with E-state index >= 15 is 0 Å². The number of hydrogen-bond donors (Lipinski definition) is 0. The number of carbonyl (C=O) groups is 1. The van der Waals surface area contributed by atoms with Crippen molar-refractivity contribution in [3.8, 4) is 23.3 Å². The molecular formula is C27H27N5O5. The number of benzene rings is 1. The fourth-order valence-electron chi connectivity index (χ4n) is 4.18. The number of nitriles is 1. The number of ether oxygens (including phenoxy) is 3. The van der Waals surface area contributed by atoms with E-state index in [1.54, 1.807) is 29.0 Å². The molecule has 0 aliphatic heterocycles. The highest BCUT2D eigenvalue weighted by atomic mass is 16.5. The van der Waals surface area contributed by atoms with Crippen molar-refractivity contribution in [1.29, 1.82) is 5.26 Å². The smallest absolute Gasteiger partial charge is 0.279 e. The number of aromatic nitrogens is 3. The van der Waals surface area contributed by atoms with E-state index in [1.165, 1.54) is 43.9 Å². The Labute approximate surface area is 213 Å². The van der Waals surface area contributed by atoms with E-state index in [9.17, 15) is 14.9 Å². The van der Waals surface area contributed by atoms with Crippen LogP contribution < -0.4 is 25.3 Å². The van der Waals surface area contributed by atoms with Gasteiger partial charge in [0.05, 0.1) is 32.3 Å². The minimum Gasteiger partial charge on any atom is -0.493 e. The first-order valence-electron chi connectivity index (χ1n) is 11.8. The summed E-state index contributed by atoms with van der Waals surface area (Å²) in [5, 5.41) is 10.2. The second-order valence-electron chi connectivity index (χ2n) is 8.27. The van der Waals surface area contributed by atoms with Crippen LogP contribution in [0.15, 0.2) is 52.4 Å². The standard InChI is InChI=1S/C27H27N5O5/c1-5-6-8-12-32-24(30-26(33)17-14-20(35-2)23(37-4)21(15-17)36-3)18(16-28)13-19-25(32)29-22-10-7-9-11-31(22)27(19)34/h7,9-11,13-15H,5-6,8,12H2,1-4H3. The quantitative estimate of drug-likeness (QED) is 0.268. The molecule has 37 heavy (non-hydrogen) atoms. The van der Waals surface area contributed by atoms with Crippen molar-refractivity contribution in [2.24, 2.45) is 4.99 Å². The van der Waals surface area contributed by atoms with E-state index < -0.39 is 5.91 Å². The van der Waals surface area contributed by atoms with Gasteiger partial charge >= 0.3 is 0 Å². The Morgan fingerprint density at radius 2 is 1.81 bits per heavy atom. The Balaban J connectivity index is 2.02. The number of amides is 1. The SMILES string of the molecule is CCCCCn1c(=NC(=O)c2cc(OC)c(OC)c(OC)c2)c(C#N)cc2c(=O)n3ccccc3nc21. The lowest BCUT2D eigenvalue weighted by molar-refractivity contribution is 0.0996. The predicted molar refractivity (Wildman–Crippen MR) is 137 cm³/mol. The lowest BCUT2D eigenvalue weighted by atomic mass is 10.1. The van der Waals surface area contributed by atoms with Crippen LogP contribution in [0.2, 0.25) is 0 Å². The topological polar surface area (TPSA) is 120 Å². The summed E-state index contributed by atoms with van der Waals surface area (Å²) in [6.45, 7) is 2.50. The molecule has 4 rings (SSSR count). The van der Waals surface area contributed by atoms with Crippen LogP contribution in [-0.2, 0) is 6.54 Å². The predicted octanol–water partition coefficient (Wildman–Crippen LogP) is 3.48. The number of unbranched alkanes of at least 4 members (excludes halogenated alkanes) is 2. The van der Waals surface area contributed by atoms with Gasteiger partial charge in [0.1, 0.15) is 17.4 Å². The molecule has 1 aromatic carbocycles. The lowest BCUT2D eigenvalue weighted by Gasteiger charge is -2.14. The van der Waals surface area contributed by atoms with Crippen LogP contribution in [0.1, 0.15) is 42.1 Å². The number of hydrogen-bond acceptors (Lipinski definition) is 7. The zero-order valence-electron chi connectivity index (χ0n) is 21.1.